The van der Waals surface area contributed by atoms with E-state index in [1.54, 1.807) is 7.11 Å². The minimum absolute atomic E-state index is 0.505. The Balaban J connectivity index is 1.81. The van der Waals surface area contributed by atoms with Crippen LogP contribution in [0.4, 0.5) is 5.69 Å². The lowest BCUT2D eigenvalue weighted by Gasteiger charge is -2.31. The van der Waals surface area contributed by atoms with Crippen molar-refractivity contribution in [3.63, 3.8) is 0 Å². The summed E-state index contributed by atoms with van der Waals surface area (Å²) in [4.78, 5) is 2.28. The summed E-state index contributed by atoms with van der Waals surface area (Å²) in [6.45, 7) is 2.98. The third-order valence-corrected chi connectivity index (χ3v) is 4.19. The van der Waals surface area contributed by atoms with Gasteiger partial charge in [0.2, 0.25) is 0 Å². The van der Waals surface area contributed by atoms with Gasteiger partial charge in [-0.05, 0) is 23.3 Å². The van der Waals surface area contributed by atoms with Gasteiger partial charge in [0.25, 0.3) is 0 Å². The third-order valence-electron chi connectivity index (χ3n) is 4.19. The first-order valence-corrected chi connectivity index (χ1v) is 7.42. The Labute approximate surface area is 126 Å². The van der Waals surface area contributed by atoms with Crippen molar-refractivity contribution in [2.75, 3.05) is 32.1 Å². The number of nitrogens with zero attached hydrogens (tertiary/aromatic N) is 1. The lowest BCUT2D eigenvalue weighted by atomic mass is 9.90. The topological polar surface area (TPSA) is 24.5 Å². The molecular formula is C18H22N2O. The van der Waals surface area contributed by atoms with Crippen molar-refractivity contribution in [1.29, 1.82) is 0 Å². The van der Waals surface area contributed by atoms with Crippen LogP contribution in [0.2, 0.25) is 0 Å². The molecule has 21 heavy (non-hydrogen) atoms. The average molecular weight is 282 g/mol. The predicted molar refractivity (Wildman–Crippen MR) is 87.2 cm³/mol. The molecule has 1 heterocycles. The van der Waals surface area contributed by atoms with Crippen molar-refractivity contribution in [2.24, 2.45) is 0 Å². The van der Waals surface area contributed by atoms with E-state index in [1.165, 1.54) is 11.1 Å². The molecule has 3 rings (SSSR count). The van der Waals surface area contributed by atoms with Gasteiger partial charge in [-0.25, -0.2) is 0 Å². The Morgan fingerprint density at radius 2 is 1.90 bits per heavy atom. The molecule has 110 valence electrons. The maximum absolute atomic E-state index is 5.47. The van der Waals surface area contributed by atoms with Gasteiger partial charge in [0.05, 0.1) is 12.8 Å². The zero-order valence-electron chi connectivity index (χ0n) is 12.7. The molecule has 1 aliphatic rings. The first kappa shape index (κ1) is 14.0. The number of para-hydroxylation sites is 2. The molecule has 0 amide bonds. The van der Waals surface area contributed by atoms with Crippen LogP contribution in [0.1, 0.15) is 17.0 Å². The average Bonchev–Trinajstić information content (AvgIpc) is 2.55. The molecule has 1 unspecified atom stereocenters. The first-order chi connectivity index (χ1) is 10.3. The highest BCUT2D eigenvalue weighted by molar-refractivity contribution is 5.58. The molecule has 0 aliphatic carbocycles. The fourth-order valence-electron chi connectivity index (χ4n) is 3.12. The van der Waals surface area contributed by atoms with Crippen molar-refractivity contribution in [1.82, 2.24) is 5.32 Å². The number of methoxy groups -OCH3 is 1. The second-order valence-electron chi connectivity index (χ2n) is 5.58. The molecule has 1 atom stereocenters. The van der Waals surface area contributed by atoms with E-state index in [2.05, 4.69) is 53.7 Å². The van der Waals surface area contributed by atoms with Gasteiger partial charge in [-0.3, -0.25) is 0 Å². The van der Waals surface area contributed by atoms with E-state index in [0.29, 0.717) is 5.92 Å². The van der Waals surface area contributed by atoms with E-state index < -0.39 is 0 Å². The van der Waals surface area contributed by atoms with Crippen LogP contribution in [0.25, 0.3) is 0 Å². The van der Waals surface area contributed by atoms with E-state index in [9.17, 15) is 0 Å². The van der Waals surface area contributed by atoms with Crippen LogP contribution in [0.15, 0.2) is 48.5 Å². The van der Waals surface area contributed by atoms with Gasteiger partial charge in [-0.2, -0.15) is 0 Å². The van der Waals surface area contributed by atoms with Gasteiger partial charge in [0, 0.05) is 32.6 Å². The maximum Gasteiger partial charge on any atom is 0.142 e. The fraction of sp³-hybridized carbons (Fsp3) is 0.333. The molecule has 3 nitrogen and oxygen atoms in total. The van der Waals surface area contributed by atoms with Crippen molar-refractivity contribution in [3.8, 4) is 5.75 Å². The summed E-state index contributed by atoms with van der Waals surface area (Å²) in [6.07, 6.45) is 0. The molecule has 0 radical (unpaired) electrons. The Kier molecular flexibility index (Phi) is 4.11. The molecule has 0 spiro atoms. The number of anilines is 1. The monoisotopic (exact) mass is 282 g/mol. The molecule has 1 N–H and O–H groups in total. The number of rotatable bonds is 4. The maximum atomic E-state index is 5.47. The molecule has 3 heteroatoms. The van der Waals surface area contributed by atoms with Gasteiger partial charge >= 0.3 is 0 Å². The quantitative estimate of drug-likeness (QED) is 0.933. The zero-order chi connectivity index (χ0) is 14.7. The summed E-state index contributed by atoms with van der Waals surface area (Å²) in [7, 11) is 3.86. The van der Waals surface area contributed by atoms with Gasteiger partial charge in [0.15, 0.2) is 0 Å². The number of hydrogen-bond acceptors (Lipinski definition) is 3. The van der Waals surface area contributed by atoms with Crippen LogP contribution < -0.4 is 15.0 Å². The van der Waals surface area contributed by atoms with Crippen molar-refractivity contribution in [3.05, 3.63) is 59.7 Å². The Morgan fingerprint density at radius 1 is 1.14 bits per heavy atom. The molecule has 0 fully saturated rings. The Bertz CT molecular complexity index is 612. The highest BCUT2D eigenvalue weighted by atomic mass is 16.5. The molecule has 2 aromatic rings. The minimum atomic E-state index is 0.505. The van der Waals surface area contributed by atoms with E-state index in [4.69, 9.17) is 4.74 Å². The standard InChI is InChI=1S/C18H22N2O/c1-20(17-9-5-6-10-18(17)21-2)13-15-12-19-11-14-7-3-4-8-16(14)15/h3-10,15,19H,11-13H2,1-2H3. The van der Waals surface area contributed by atoms with E-state index in [1.807, 2.05) is 12.1 Å². The Hall–Kier alpha value is -2.00. The van der Waals surface area contributed by atoms with Crippen molar-refractivity contribution < 1.29 is 4.74 Å². The summed E-state index contributed by atoms with van der Waals surface area (Å²) in [5.41, 5.74) is 4.03. The first-order valence-electron chi connectivity index (χ1n) is 7.42. The van der Waals surface area contributed by atoms with E-state index >= 15 is 0 Å². The van der Waals surface area contributed by atoms with Gasteiger partial charge in [-0.1, -0.05) is 36.4 Å². The highest BCUT2D eigenvalue weighted by Crippen LogP contribution is 2.30. The molecule has 0 saturated carbocycles. The fourth-order valence-corrected chi connectivity index (χ4v) is 3.12. The molecule has 0 bridgehead atoms. The van der Waals surface area contributed by atoms with Gasteiger partial charge in [0.1, 0.15) is 5.75 Å². The van der Waals surface area contributed by atoms with Crippen LogP contribution in [0, 0.1) is 0 Å². The molecule has 0 saturated heterocycles. The van der Waals surface area contributed by atoms with E-state index in [-0.39, 0.29) is 0 Å². The summed E-state index contributed by atoms with van der Waals surface area (Å²) in [5.74, 6) is 1.43. The number of fused-ring (bicyclic) bond motifs is 1. The number of benzene rings is 2. The summed E-state index contributed by atoms with van der Waals surface area (Å²) < 4.78 is 5.47. The molecule has 1 aliphatic heterocycles. The van der Waals surface area contributed by atoms with Crippen LogP contribution in [-0.2, 0) is 6.54 Å². The Morgan fingerprint density at radius 3 is 2.76 bits per heavy atom. The second-order valence-corrected chi connectivity index (χ2v) is 5.58. The normalized spacial score (nSPS) is 17.1. The highest BCUT2D eigenvalue weighted by Gasteiger charge is 2.21. The zero-order valence-corrected chi connectivity index (χ0v) is 12.7. The molecular weight excluding hydrogens is 260 g/mol. The van der Waals surface area contributed by atoms with Crippen molar-refractivity contribution >= 4 is 5.69 Å². The van der Waals surface area contributed by atoms with Crippen LogP contribution >= 0.6 is 0 Å². The predicted octanol–water partition coefficient (Wildman–Crippen LogP) is 3.02. The third kappa shape index (κ3) is 2.88. The number of hydrogen-bond donors (Lipinski definition) is 1. The summed E-state index contributed by atoms with van der Waals surface area (Å²) >= 11 is 0. The smallest absolute Gasteiger partial charge is 0.142 e. The largest absolute Gasteiger partial charge is 0.495 e. The van der Waals surface area contributed by atoms with Gasteiger partial charge in [-0.15, -0.1) is 0 Å². The lowest BCUT2D eigenvalue weighted by molar-refractivity contribution is 0.414. The van der Waals surface area contributed by atoms with Crippen LogP contribution in [0.3, 0.4) is 0 Å². The summed E-state index contributed by atoms with van der Waals surface area (Å²) in [5, 5.41) is 3.52. The summed E-state index contributed by atoms with van der Waals surface area (Å²) in [6, 6.07) is 16.9. The molecule has 2 aromatic carbocycles. The van der Waals surface area contributed by atoms with Crippen molar-refractivity contribution in [2.45, 2.75) is 12.5 Å². The minimum Gasteiger partial charge on any atom is -0.495 e. The number of likely N-dealkylation sites (N-methyl/N-ethyl adjacent to an activating group) is 1. The second kappa shape index (κ2) is 6.19. The van der Waals surface area contributed by atoms with Gasteiger partial charge < -0.3 is 15.0 Å². The van der Waals surface area contributed by atoms with Crippen LogP contribution in [0.5, 0.6) is 5.75 Å². The molecule has 0 aromatic heterocycles. The lowest BCUT2D eigenvalue weighted by Crippen LogP contribution is -2.35. The van der Waals surface area contributed by atoms with Crippen LogP contribution in [-0.4, -0.2) is 27.2 Å². The number of nitrogens with one attached hydrogen (secondary N) is 1. The van der Waals surface area contributed by atoms with E-state index in [0.717, 1.165) is 31.1 Å². The number of ether oxygens (including phenoxy) is 1. The SMILES string of the molecule is COc1ccccc1N(C)CC1CNCc2ccccc21.